The third kappa shape index (κ3) is 2.35. The van der Waals surface area contributed by atoms with Crippen LogP contribution in [0, 0.1) is 13.8 Å². The van der Waals surface area contributed by atoms with Crippen LogP contribution < -0.4 is 10.5 Å². The van der Waals surface area contributed by atoms with Crippen LogP contribution in [0.3, 0.4) is 0 Å². The van der Waals surface area contributed by atoms with Crippen LogP contribution in [-0.4, -0.2) is 7.11 Å². The van der Waals surface area contributed by atoms with Gasteiger partial charge in [0.15, 0.2) is 0 Å². The van der Waals surface area contributed by atoms with E-state index in [1.807, 2.05) is 19.1 Å². The molecular weight excluding hydrogens is 230 g/mol. The Kier molecular flexibility index (Phi) is 3.50. The highest BCUT2D eigenvalue weighted by molar-refractivity contribution is 7.10. The summed E-state index contributed by atoms with van der Waals surface area (Å²) in [4.78, 5) is 1.23. The Morgan fingerprint density at radius 2 is 1.94 bits per heavy atom. The van der Waals surface area contributed by atoms with E-state index in [-0.39, 0.29) is 6.04 Å². The summed E-state index contributed by atoms with van der Waals surface area (Å²) in [6.45, 7) is 4.14. The summed E-state index contributed by atoms with van der Waals surface area (Å²) in [7, 11) is 1.69. The van der Waals surface area contributed by atoms with Crippen LogP contribution in [0.1, 0.15) is 27.6 Å². The van der Waals surface area contributed by atoms with Crippen molar-refractivity contribution in [1.29, 1.82) is 0 Å². The summed E-state index contributed by atoms with van der Waals surface area (Å²) >= 11 is 1.71. The fourth-order valence-electron chi connectivity index (χ4n) is 1.95. The maximum absolute atomic E-state index is 6.29. The molecule has 2 N–H and O–H groups in total. The highest BCUT2D eigenvalue weighted by Gasteiger charge is 2.13. The van der Waals surface area contributed by atoms with Gasteiger partial charge in [0.1, 0.15) is 5.75 Å². The molecule has 90 valence electrons. The molecule has 0 aliphatic rings. The molecule has 2 rings (SSSR count). The summed E-state index contributed by atoms with van der Waals surface area (Å²) in [5, 5.41) is 2.08. The van der Waals surface area contributed by atoms with Crippen molar-refractivity contribution in [2.24, 2.45) is 5.73 Å². The minimum Gasteiger partial charge on any atom is -0.496 e. The third-order valence-electron chi connectivity index (χ3n) is 2.96. The van der Waals surface area contributed by atoms with Crippen molar-refractivity contribution in [3.63, 3.8) is 0 Å². The third-order valence-corrected chi connectivity index (χ3v) is 4.06. The van der Waals surface area contributed by atoms with Crippen LogP contribution in [0.4, 0.5) is 0 Å². The van der Waals surface area contributed by atoms with Crippen molar-refractivity contribution in [2.75, 3.05) is 7.11 Å². The van der Waals surface area contributed by atoms with E-state index in [1.165, 1.54) is 10.4 Å². The van der Waals surface area contributed by atoms with E-state index in [2.05, 4.69) is 24.4 Å². The molecule has 0 fully saturated rings. The van der Waals surface area contributed by atoms with Crippen molar-refractivity contribution in [1.82, 2.24) is 0 Å². The number of hydrogen-bond acceptors (Lipinski definition) is 3. The van der Waals surface area contributed by atoms with E-state index in [0.717, 1.165) is 16.9 Å². The Labute approximate surface area is 106 Å². The minimum absolute atomic E-state index is 0.0420. The van der Waals surface area contributed by atoms with E-state index in [4.69, 9.17) is 10.5 Å². The number of hydrogen-bond donors (Lipinski definition) is 1. The van der Waals surface area contributed by atoms with Crippen LogP contribution in [0.15, 0.2) is 29.6 Å². The quantitative estimate of drug-likeness (QED) is 0.902. The number of nitrogens with two attached hydrogens (primary N) is 1. The molecule has 0 bridgehead atoms. The number of methoxy groups -OCH3 is 1. The Bertz CT molecular complexity index is 519. The predicted octanol–water partition coefficient (Wildman–Crippen LogP) is 3.42. The van der Waals surface area contributed by atoms with Crippen molar-refractivity contribution in [3.05, 3.63) is 51.2 Å². The Balaban J connectivity index is 2.35. The summed E-state index contributed by atoms with van der Waals surface area (Å²) in [6.07, 6.45) is 0. The zero-order valence-electron chi connectivity index (χ0n) is 10.4. The Morgan fingerprint density at radius 3 is 2.47 bits per heavy atom. The van der Waals surface area contributed by atoms with Crippen molar-refractivity contribution < 1.29 is 4.74 Å². The van der Waals surface area contributed by atoms with Gasteiger partial charge < -0.3 is 10.5 Å². The molecule has 2 aromatic rings. The normalized spacial score (nSPS) is 12.5. The van der Waals surface area contributed by atoms with Crippen molar-refractivity contribution >= 4 is 11.3 Å². The van der Waals surface area contributed by atoms with Gasteiger partial charge in [-0.3, -0.25) is 0 Å². The smallest absolute Gasteiger partial charge is 0.121 e. The van der Waals surface area contributed by atoms with E-state index >= 15 is 0 Å². The molecule has 2 nitrogen and oxygen atoms in total. The lowest BCUT2D eigenvalue weighted by molar-refractivity contribution is 0.411. The lowest BCUT2D eigenvalue weighted by Crippen LogP contribution is -2.11. The monoisotopic (exact) mass is 247 g/mol. The van der Waals surface area contributed by atoms with Gasteiger partial charge in [-0.05, 0) is 48.1 Å². The van der Waals surface area contributed by atoms with Crippen LogP contribution in [0.5, 0.6) is 5.75 Å². The van der Waals surface area contributed by atoms with Gasteiger partial charge in [-0.1, -0.05) is 12.1 Å². The first-order valence-corrected chi connectivity index (χ1v) is 6.45. The molecule has 0 saturated carbocycles. The second-order valence-corrected chi connectivity index (χ2v) is 5.12. The molecule has 3 heteroatoms. The van der Waals surface area contributed by atoms with E-state index < -0.39 is 0 Å². The van der Waals surface area contributed by atoms with Crippen LogP contribution in [-0.2, 0) is 0 Å². The maximum atomic E-state index is 6.29. The summed E-state index contributed by atoms with van der Waals surface area (Å²) in [6, 6.07) is 8.18. The summed E-state index contributed by atoms with van der Waals surface area (Å²) < 4.78 is 5.26. The molecule has 1 aromatic carbocycles. The Morgan fingerprint density at radius 1 is 1.18 bits per heavy atom. The van der Waals surface area contributed by atoms with E-state index in [1.54, 1.807) is 18.4 Å². The second-order valence-electron chi connectivity index (χ2n) is 4.17. The molecular formula is C14H17NOS. The first kappa shape index (κ1) is 12.1. The largest absolute Gasteiger partial charge is 0.496 e. The molecule has 0 radical (unpaired) electrons. The predicted molar refractivity (Wildman–Crippen MR) is 72.8 cm³/mol. The number of thiophene rings is 1. The molecule has 0 spiro atoms. The van der Waals surface area contributed by atoms with E-state index in [9.17, 15) is 0 Å². The molecule has 1 atom stereocenters. The number of aryl methyl sites for hydroxylation is 2. The fraction of sp³-hybridized carbons (Fsp3) is 0.286. The lowest BCUT2D eigenvalue weighted by atomic mass is 10.0. The van der Waals surface area contributed by atoms with Crippen LogP contribution in [0.25, 0.3) is 0 Å². The van der Waals surface area contributed by atoms with Gasteiger partial charge in [-0.15, -0.1) is 11.3 Å². The first-order chi connectivity index (χ1) is 8.13. The highest BCUT2D eigenvalue weighted by atomic mass is 32.1. The average molecular weight is 247 g/mol. The molecule has 1 heterocycles. The van der Waals surface area contributed by atoms with Gasteiger partial charge in [-0.2, -0.15) is 0 Å². The number of benzene rings is 1. The number of rotatable bonds is 3. The lowest BCUT2D eigenvalue weighted by Gasteiger charge is -2.14. The van der Waals surface area contributed by atoms with Crippen LogP contribution in [0.2, 0.25) is 0 Å². The first-order valence-electron chi connectivity index (χ1n) is 5.57. The molecule has 17 heavy (non-hydrogen) atoms. The molecule has 1 aromatic heterocycles. The van der Waals surface area contributed by atoms with Gasteiger partial charge in [0.2, 0.25) is 0 Å². The summed E-state index contributed by atoms with van der Waals surface area (Å²) in [5.41, 5.74) is 9.81. The fourth-order valence-corrected chi connectivity index (χ4v) is 2.90. The molecule has 0 amide bonds. The molecule has 1 unspecified atom stereocenters. The standard InChI is InChI=1S/C14H17NOS/c1-9-6-7-17-14(9)13(15)11-4-5-12(16-3)10(2)8-11/h4-8,13H,15H2,1-3H3. The topological polar surface area (TPSA) is 35.2 Å². The number of ether oxygens (including phenoxy) is 1. The second kappa shape index (κ2) is 4.90. The molecule has 0 aliphatic heterocycles. The van der Waals surface area contributed by atoms with Crippen LogP contribution >= 0.6 is 11.3 Å². The maximum Gasteiger partial charge on any atom is 0.121 e. The molecule has 0 saturated heterocycles. The zero-order chi connectivity index (χ0) is 12.4. The van der Waals surface area contributed by atoms with Gasteiger partial charge in [0.05, 0.1) is 13.2 Å². The van der Waals surface area contributed by atoms with Gasteiger partial charge in [0.25, 0.3) is 0 Å². The van der Waals surface area contributed by atoms with Crippen molar-refractivity contribution in [3.8, 4) is 5.75 Å². The zero-order valence-corrected chi connectivity index (χ0v) is 11.2. The van der Waals surface area contributed by atoms with Gasteiger partial charge in [0, 0.05) is 4.88 Å². The highest BCUT2D eigenvalue weighted by Crippen LogP contribution is 2.29. The minimum atomic E-state index is -0.0420. The van der Waals surface area contributed by atoms with E-state index in [0.29, 0.717) is 0 Å². The average Bonchev–Trinajstić information content (AvgIpc) is 2.74. The summed E-state index contributed by atoms with van der Waals surface area (Å²) in [5.74, 6) is 0.906. The SMILES string of the molecule is COc1ccc(C(N)c2sccc2C)cc1C. The van der Waals surface area contributed by atoms with Gasteiger partial charge in [-0.25, -0.2) is 0 Å². The Hall–Kier alpha value is -1.32. The van der Waals surface area contributed by atoms with Gasteiger partial charge >= 0.3 is 0 Å². The van der Waals surface area contributed by atoms with Crippen molar-refractivity contribution in [2.45, 2.75) is 19.9 Å². The molecule has 0 aliphatic carbocycles.